The van der Waals surface area contributed by atoms with Crippen LogP contribution in [0.1, 0.15) is 50.2 Å². The molecule has 2 aliphatic rings. The van der Waals surface area contributed by atoms with Gasteiger partial charge in [-0.2, -0.15) is 0 Å². The number of ketones is 1. The Morgan fingerprint density at radius 2 is 2.15 bits per heavy atom. The van der Waals surface area contributed by atoms with Gasteiger partial charge in [0.25, 0.3) is 0 Å². The molecule has 0 bridgehead atoms. The molecular formula is C18H25NO. The van der Waals surface area contributed by atoms with Crippen molar-refractivity contribution in [3.05, 3.63) is 35.4 Å². The largest absolute Gasteiger partial charge is 0.316 e. The van der Waals surface area contributed by atoms with E-state index in [9.17, 15) is 4.79 Å². The first-order valence-electron chi connectivity index (χ1n) is 7.91. The Kier molecular flexibility index (Phi) is 3.68. The van der Waals surface area contributed by atoms with E-state index in [-0.39, 0.29) is 5.41 Å². The average Bonchev–Trinajstić information content (AvgIpc) is 2.45. The minimum atomic E-state index is -0.183. The minimum Gasteiger partial charge on any atom is -0.316 e. The molecule has 1 aliphatic carbocycles. The van der Waals surface area contributed by atoms with E-state index in [2.05, 4.69) is 43.4 Å². The van der Waals surface area contributed by atoms with Crippen LogP contribution in [-0.2, 0) is 11.2 Å². The van der Waals surface area contributed by atoms with E-state index < -0.39 is 0 Å². The maximum Gasteiger partial charge on any atom is 0.139 e. The van der Waals surface area contributed by atoms with Crippen molar-refractivity contribution in [1.82, 2.24) is 5.32 Å². The lowest BCUT2D eigenvalue weighted by molar-refractivity contribution is -0.130. The number of carbonyl (C=O) groups is 1. The summed E-state index contributed by atoms with van der Waals surface area (Å²) >= 11 is 0. The molecule has 2 atom stereocenters. The maximum absolute atomic E-state index is 12.7. The third kappa shape index (κ3) is 2.42. The second-order valence-electron chi connectivity index (χ2n) is 6.99. The third-order valence-electron chi connectivity index (χ3n) is 5.43. The number of fused-ring (bicyclic) bond motifs is 1. The van der Waals surface area contributed by atoms with Gasteiger partial charge in [0, 0.05) is 11.8 Å². The van der Waals surface area contributed by atoms with Crippen molar-refractivity contribution in [2.45, 2.75) is 45.4 Å². The van der Waals surface area contributed by atoms with Crippen molar-refractivity contribution in [2.75, 3.05) is 13.1 Å². The summed E-state index contributed by atoms with van der Waals surface area (Å²) < 4.78 is 0. The molecule has 1 aromatic rings. The van der Waals surface area contributed by atoms with Crippen molar-refractivity contribution in [3.63, 3.8) is 0 Å². The summed E-state index contributed by atoms with van der Waals surface area (Å²) in [6.45, 7) is 6.41. The molecule has 0 amide bonds. The van der Waals surface area contributed by atoms with Gasteiger partial charge in [0.1, 0.15) is 5.78 Å². The molecule has 1 fully saturated rings. The van der Waals surface area contributed by atoms with Crippen LogP contribution in [0.2, 0.25) is 0 Å². The van der Waals surface area contributed by atoms with Crippen molar-refractivity contribution >= 4 is 5.78 Å². The lowest BCUT2D eigenvalue weighted by Crippen LogP contribution is -2.43. The number of hydrogen-bond acceptors (Lipinski definition) is 2. The van der Waals surface area contributed by atoms with E-state index in [1.165, 1.54) is 24.0 Å². The van der Waals surface area contributed by atoms with Crippen LogP contribution in [0.15, 0.2) is 24.3 Å². The molecule has 1 aliphatic heterocycles. The molecule has 108 valence electrons. The second kappa shape index (κ2) is 5.33. The van der Waals surface area contributed by atoms with Crippen molar-refractivity contribution in [1.29, 1.82) is 0 Å². The number of benzene rings is 1. The van der Waals surface area contributed by atoms with Gasteiger partial charge in [0.2, 0.25) is 0 Å². The van der Waals surface area contributed by atoms with Gasteiger partial charge >= 0.3 is 0 Å². The fraction of sp³-hybridized carbons (Fsp3) is 0.611. The molecule has 2 heteroatoms. The van der Waals surface area contributed by atoms with E-state index in [0.29, 0.717) is 17.6 Å². The molecule has 3 rings (SSSR count). The lowest BCUT2D eigenvalue weighted by Gasteiger charge is -2.38. The van der Waals surface area contributed by atoms with Crippen molar-refractivity contribution in [2.24, 2.45) is 11.3 Å². The topological polar surface area (TPSA) is 29.1 Å². The van der Waals surface area contributed by atoms with Crippen LogP contribution < -0.4 is 5.32 Å². The fourth-order valence-corrected chi connectivity index (χ4v) is 3.73. The average molecular weight is 271 g/mol. The van der Waals surface area contributed by atoms with Crippen LogP contribution in [0.25, 0.3) is 0 Å². The van der Waals surface area contributed by atoms with Gasteiger partial charge in [-0.05, 0) is 55.3 Å². The molecule has 0 radical (unpaired) electrons. The number of nitrogens with one attached hydrogen (secondary N) is 1. The summed E-state index contributed by atoms with van der Waals surface area (Å²) in [7, 11) is 0. The highest BCUT2D eigenvalue weighted by Gasteiger charge is 2.39. The molecule has 2 nitrogen and oxygen atoms in total. The van der Waals surface area contributed by atoms with Crippen LogP contribution in [0, 0.1) is 11.3 Å². The van der Waals surface area contributed by atoms with Crippen molar-refractivity contribution in [3.8, 4) is 0 Å². The number of Topliss-reactive ketones (excluding diaryl/α,β-unsaturated/α-hetero) is 1. The number of carbonyl (C=O) groups excluding carboxylic acids is 1. The predicted octanol–water partition coefficient (Wildman–Crippen LogP) is 3.31. The first kappa shape index (κ1) is 13.8. The van der Waals surface area contributed by atoms with Gasteiger partial charge < -0.3 is 5.32 Å². The van der Waals surface area contributed by atoms with Gasteiger partial charge in [-0.1, -0.05) is 38.1 Å². The van der Waals surface area contributed by atoms with E-state index in [0.717, 1.165) is 25.9 Å². The molecule has 1 aromatic carbocycles. The second-order valence-corrected chi connectivity index (χ2v) is 6.99. The summed E-state index contributed by atoms with van der Waals surface area (Å²) in [6, 6.07) is 8.55. The van der Waals surface area contributed by atoms with Gasteiger partial charge in [-0.25, -0.2) is 0 Å². The molecule has 0 aromatic heterocycles. The van der Waals surface area contributed by atoms with E-state index in [4.69, 9.17) is 0 Å². The van der Waals surface area contributed by atoms with Crippen LogP contribution in [0.3, 0.4) is 0 Å². The van der Waals surface area contributed by atoms with E-state index in [1.807, 2.05) is 0 Å². The molecule has 0 saturated carbocycles. The smallest absolute Gasteiger partial charge is 0.139 e. The Hall–Kier alpha value is -1.15. The Bertz CT molecular complexity index is 500. The quantitative estimate of drug-likeness (QED) is 0.910. The summed E-state index contributed by atoms with van der Waals surface area (Å²) in [6.07, 6.45) is 4.20. The van der Waals surface area contributed by atoms with Crippen LogP contribution in [0.5, 0.6) is 0 Å². The zero-order valence-electron chi connectivity index (χ0n) is 12.6. The molecule has 20 heavy (non-hydrogen) atoms. The van der Waals surface area contributed by atoms with Crippen LogP contribution >= 0.6 is 0 Å². The van der Waals surface area contributed by atoms with Gasteiger partial charge in [0.05, 0.1) is 0 Å². The van der Waals surface area contributed by atoms with Crippen molar-refractivity contribution < 1.29 is 4.79 Å². The summed E-state index contributed by atoms with van der Waals surface area (Å²) in [5.74, 6) is 1.42. The SMILES string of the molecule is CC(C)(C(=O)CC1Cc2ccccc21)C1CCCNC1. The zero-order chi connectivity index (χ0) is 14.2. The molecule has 1 heterocycles. The molecule has 0 spiro atoms. The lowest BCUT2D eigenvalue weighted by atomic mass is 9.67. The minimum absolute atomic E-state index is 0.183. The third-order valence-corrected chi connectivity index (χ3v) is 5.43. The molecule has 2 unspecified atom stereocenters. The van der Waals surface area contributed by atoms with Gasteiger partial charge in [0.15, 0.2) is 0 Å². The molecule has 1 N–H and O–H groups in total. The summed E-state index contributed by atoms with van der Waals surface area (Å²) in [4.78, 5) is 12.7. The number of rotatable bonds is 4. The summed E-state index contributed by atoms with van der Waals surface area (Å²) in [5, 5.41) is 3.44. The van der Waals surface area contributed by atoms with Crippen LogP contribution in [0.4, 0.5) is 0 Å². The van der Waals surface area contributed by atoms with Crippen LogP contribution in [-0.4, -0.2) is 18.9 Å². The van der Waals surface area contributed by atoms with E-state index in [1.54, 1.807) is 0 Å². The highest BCUT2D eigenvalue weighted by atomic mass is 16.1. The molecule has 1 saturated heterocycles. The monoisotopic (exact) mass is 271 g/mol. The fourth-order valence-electron chi connectivity index (χ4n) is 3.73. The zero-order valence-corrected chi connectivity index (χ0v) is 12.6. The summed E-state index contributed by atoms with van der Waals surface area (Å²) in [5.41, 5.74) is 2.65. The standard InChI is InChI=1S/C18H25NO/c1-18(2,15-7-5-9-19-12-15)17(20)11-14-10-13-6-3-4-8-16(13)14/h3-4,6,8,14-15,19H,5,7,9-12H2,1-2H3. The predicted molar refractivity (Wildman–Crippen MR) is 81.9 cm³/mol. The number of hydrogen-bond donors (Lipinski definition) is 1. The first-order chi connectivity index (χ1) is 9.59. The van der Waals surface area contributed by atoms with Gasteiger partial charge in [-0.15, -0.1) is 0 Å². The maximum atomic E-state index is 12.7. The normalized spacial score (nSPS) is 25.7. The highest BCUT2D eigenvalue weighted by molar-refractivity contribution is 5.85. The Labute approximate surface area is 122 Å². The number of piperidine rings is 1. The Balaban J connectivity index is 1.65. The molecular weight excluding hydrogens is 246 g/mol. The highest BCUT2D eigenvalue weighted by Crippen LogP contribution is 2.41. The first-order valence-corrected chi connectivity index (χ1v) is 7.91. The van der Waals surface area contributed by atoms with E-state index >= 15 is 0 Å². The van der Waals surface area contributed by atoms with Gasteiger partial charge in [-0.3, -0.25) is 4.79 Å². The Morgan fingerprint density at radius 1 is 1.35 bits per heavy atom. The Morgan fingerprint density at radius 3 is 2.85 bits per heavy atom.